The minimum atomic E-state index is -0.333. The number of allylic oxidation sites excluding steroid dienone is 1. The summed E-state index contributed by atoms with van der Waals surface area (Å²) < 4.78 is 13.8. The molecule has 0 aromatic heterocycles. The van der Waals surface area contributed by atoms with Crippen LogP contribution in [-0.4, -0.2) is 5.33 Å². The third-order valence-electron chi connectivity index (χ3n) is 2.68. The standard InChI is InChI=1S/C15H10BrCl2F/c16-9-11(10-4-6-12(17)7-5-10)8-13-14(18)2-1-3-15(13)19/h1-8H,9H2. The largest absolute Gasteiger partial charge is 0.206 e. The topological polar surface area (TPSA) is 0 Å². The summed E-state index contributed by atoms with van der Waals surface area (Å²) in [6.45, 7) is 0. The molecule has 0 aliphatic rings. The Morgan fingerprint density at radius 2 is 1.79 bits per heavy atom. The Balaban J connectivity index is 2.47. The van der Waals surface area contributed by atoms with E-state index in [1.807, 2.05) is 12.1 Å². The quantitative estimate of drug-likeness (QED) is 0.461. The lowest BCUT2D eigenvalue weighted by Gasteiger charge is -2.07. The van der Waals surface area contributed by atoms with E-state index < -0.39 is 0 Å². The molecule has 0 heterocycles. The summed E-state index contributed by atoms with van der Waals surface area (Å²) in [5.74, 6) is -0.333. The fraction of sp³-hybridized carbons (Fsp3) is 0.0667. The van der Waals surface area contributed by atoms with Gasteiger partial charge < -0.3 is 0 Å². The lowest BCUT2D eigenvalue weighted by Crippen LogP contribution is -1.89. The second-order valence-electron chi connectivity index (χ2n) is 3.95. The van der Waals surface area contributed by atoms with Crippen molar-refractivity contribution < 1.29 is 4.39 Å². The molecule has 0 fully saturated rings. The molecule has 0 aliphatic carbocycles. The predicted molar refractivity (Wildman–Crippen MR) is 84.5 cm³/mol. The summed E-state index contributed by atoms with van der Waals surface area (Å²) in [6, 6.07) is 12.0. The minimum absolute atomic E-state index is 0.333. The molecule has 0 bridgehead atoms. The molecule has 0 radical (unpaired) electrons. The van der Waals surface area contributed by atoms with Crippen LogP contribution in [0.15, 0.2) is 42.5 Å². The Hall–Kier alpha value is -0.830. The summed E-state index contributed by atoms with van der Waals surface area (Å²) in [5.41, 5.74) is 2.30. The number of hydrogen-bond acceptors (Lipinski definition) is 0. The summed E-state index contributed by atoms with van der Waals surface area (Å²) >= 11 is 15.3. The molecule has 0 atom stereocenters. The van der Waals surface area contributed by atoms with Crippen LogP contribution in [0.25, 0.3) is 11.6 Å². The highest BCUT2D eigenvalue weighted by Crippen LogP contribution is 2.27. The van der Waals surface area contributed by atoms with E-state index in [-0.39, 0.29) is 5.82 Å². The molecular weight excluding hydrogens is 350 g/mol. The van der Waals surface area contributed by atoms with E-state index in [4.69, 9.17) is 23.2 Å². The van der Waals surface area contributed by atoms with E-state index in [2.05, 4.69) is 15.9 Å². The molecule has 0 saturated carbocycles. The van der Waals surface area contributed by atoms with Crippen LogP contribution in [-0.2, 0) is 0 Å². The van der Waals surface area contributed by atoms with Crippen LogP contribution in [0.3, 0.4) is 0 Å². The molecule has 0 spiro atoms. The van der Waals surface area contributed by atoms with Crippen molar-refractivity contribution in [2.24, 2.45) is 0 Å². The Bertz CT molecular complexity index is 586. The van der Waals surface area contributed by atoms with Gasteiger partial charge in [-0.05, 0) is 41.5 Å². The zero-order chi connectivity index (χ0) is 13.8. The predicted octanol–water partition coefficient (Wildman–Crippen LogP) is 6.07. The molecule has 0 amide bonds. The zero-order valence-corrected chi connectivity index (χ0v) is 12.9. The minimum Gasteiger partial charge on any atom is -0.206 e. The van der Waals surface area contributed by atoms with Crippen LogP contribution in [0.2, 0.25) is 10.0 Å². The summed E-state index contributed by atoms with van der Waals surface area (Å²) in [6.07, 6.45) is 1.75. The van der Waals surface area contributed by atoms with Gasteiger partial charge in [0.05, 0.1) is 5.02 Å². The second-order valence-corrected chi connectivity index (χ2v) is 5.35. The second kappa shape index (κ2) is 6.56. The fourth-order valence-corrected chi connectivity index (χ4v) is 2.52. The first kappa shape index (κ1) is 14.6. The first-order chi connectivity index (χ1) is 9.11. The van der Waals surface area contributed by atoms with Gasteiger partial charge >= 0.3 is 0 Å². The fourth-order valence-electron chi connectivity index (χ4n) is 1.69. The Morgan fingerprint density at radius 1 is 1.11 bits per heavy atom. The normalized spacial score (nSPS) is 11.7. The average Bonchev–Trinajstić information content (AvgIpc) is 2.40. The number of benzene rings is 2. The molecular formula is C15H10BrCl2F. The van der Waals surface area contributed by atoms with Gasteiger partial charge in [-0.3, -0.25) is 0 Å². The molecule has 0 unspecified atom stereocenters. The highest BCUT2D eigenvalue weighted by Gasteiger charge is 2.07. The van der Waals surface area contributed by atoms with Gasteiger partial charge in [0, 0.05) is 15.9 Å². The van der Waals surface area contributed by atoms with Crippen LogP contribution >= 0.6 is 39.1 Å². The highest BCUT2D eigenvalue weighted by atomic mass is 79.9. The van der Waals surface area contributed by atoms with Crippen molar-refractivity contribution in [3.05, 3.63) is 69.5 Å². The van der Waals surface area contributed by atoms with Crippen molar-refractivity contribution in [1.82, 2.24) is 0 Å². The molecule has 0 aliphatic heterocycles. The first-order valence-electron chi connectivity index (χ1n) is 5.58. The molecule has 0 saturated heterocycles. The summed E-state index contributed by atoms with van der Waals surface area (Å²) in [5, 5.41) is 1.66. The van der Waals surface area contributed by atoms with Crippen LogP contribution < -0.4 is 0 Å². The molecule has 0 nitrogen and oxygen atoms in total. The first-order valence-corrected chi connectivity index (χ1v) is 7.46. The summed E-state index contributed by atoms with van der Waals surface area (Å²) in [4.78, 5) is 0. The Morgan fingerprint density at radius 3 is 2.37 bits per heavy atom. The van der Waals surface area contributed by atoms with Crippen LogP contribution in [0.4, 0.5) is 4.39 Å². The number of alkyl halides is 1. The van der Waals surface area contributed by atoms with Crippen LogP contribution in [0, 0.1) is 5.82 Å². The SMILES string of the molecule is Fc1cccc(Cl)c1C=C(CBr)c1ccc(Cl)cc1. The van der Waals surface area contributed by atoms with Gasteiger partial charge in [0.2, 0.25) is 0 Å². The van der Waals surface area contributed by atoms with E-state index in [9.17, 15) is 4.39 Å². The Kier molecular flexibility index (Phi) is 5.03. The van der Waals surface area contributed by atoms with E-state index in [1.54, 1.807) is 30.3 Å². The van der Waals surface area contributed by atoms with Gasteiger partial charge in [-0.1, -0.05) is 57.3 Å². The maximum absolute atomic E-state index is 13.8. The molecule has 19 heavy (non-hydrogen) atoms. The van der Waals surface area contributed by atoms with Crippen molar-refractivity contribution >= 4 is 50.8 Å². The van der Waals surface area contributed by atoms with Gasteiger partial charge in [-0.25, -0.2) is 4.39 Å². The monoisotopic (exact) mass is 358 g/mol. The lowest BCUT2D eigenvalue weighted by atomic mass is 10.0. The highest BCUT2D eigenvalue weighted by molar-refractivity contribution is 9.09. The number of halogens is 4. The number of rotatable bonds is 3. The van der Waals surface area contributed by atoms with Crippen molar-refractivity contribution in [3.8, 4) is 0 Å². The molecule has 98 valence electrons. The Labute approximate surface area is 130 Å². The molecule has 2 aromatic rings. The third-order valence-corrected chi connectivity index (χ3v) is 3.86. The number of hydrogen-bond donors (Lipinski definition) is 0. The maximum Gasteiger partial charge on any atom is 0.131 e. The van der Waals surface area contributed by atoms with E-state index in [1.165, 1.54) is 6.07 Å². The van der Waals surface area contributed by atoms with Crippen LogP contribution in [0.5, 0.6) is 0 Å². The molecule has 2 rings (SSSR count). The molecule has 4 heteroatoms. The lowest BCUT2D eigenvalue weighted by molar-refractivity contribution is 0.625. The van der Waals surface area contributed by atoms with Crippen LogP contribution in [0.1, 0.15) is 11.1 Å². The van der Waals surface area contributed by atoms with Crippen molar-refractivity contribution in [2.45, 2.75) is 0 Å². The van der Waals surface area contributed by atoms with Gasteiger partial charge in [0.25, 0.3) is 0 Å². The average molecular weight is 360 g/mol. The maximum atomic E-state index is 13.8. The molecule has 0 N–H and O–H groups in total. The van der Waals surface area contributed by atoms with E-state index >= 15 is 0 Å². The van der Waals surface area contributed by atoms with Crippen molar-refractivity contribution in [1.29, 1.82) is 0 Å². The van der Waals surface area contributed by atoms with E-state index in [0.717, 1.165) is 11.1 Å². The smallest absolute Gasteiger partial charge is 0.131 e. The van der Waals surface area contributed by atoms with Gasteiger partial charge in [0.15, 0.2) is 0 Å². The van der Waals surface area contributed by atoms with Gasteiger partial charge in [-0.15, -0.1) is 0 Å². The summed E-state index contributed by atoms with van der Waals surface area (Å²) in [7, 11) is 0. The third kappa shape index (κ3) is 3.59. The van der Waals surface area contributed by atoms with Gasteiger partial charge in [0.1, 0.15) is 5.82 Å². The van der Waals surface area contributed by atoms with E-state index in [0.29, 0.717) is 20.9 Å². The van der Waals surface area contributed by atoms with Crippen molar-refractivity contribution in [3.63, 3.8) is 0 Å². The molecule has 2 aromatic carbocycles. The zero-order valence-electron chi connectivity index (χ0n) is 9.84. The van der Waals surface area contributed by atoms with Gasteiger partial charge in [-0.2, -0.15) is 0 Å². The van der Waals surface area contributed by atoms with Crippen molar-refractivity contribution in [2.75, 3.05) is 5.33 Å².